The maximum Gasteiger partial charge on any atom is 0.340 e. The Morgan fingerprint density at radius 2 is 1.82 bits per heavy atom. The van der Waals surface area contributed by atoms with Gasteiger partial charge in [0.1, 0.15) is 5.76 Å². The van der Waals surface area contributed by atoms with Gasteiger partial charge < -0.3 is 19.8 Å². The fraction of sp³-hybridized carbons (Fsp3) is 0.100. The summed E-state index contributed by atoms with van der Waals surface area (Å²) < 4.78 is 10.4. The van der Waals surface area contributed by atoms with Crippen LogP contribution in [-0.4, -0.2) is 18.5 Å². The lowest BCUT2D eigenvalue weighted by atomic mass is 10.2. The Hall–Kier alpha value is -2.96. The van der Waals surface area contributed by atoms with Gasteiger partial charge >= 0.3 is 5.97 Å². The molecule has 0 radical (unpaired) electrons. The molecule has 2 N–H and O–H groups in total. The summed E-state index contributed by atoms with van der Waals surface area (Å²) in [6.45, 7) is -0.0445. The van der Waals surface area contributed by atoms with Gasteiger partial charge in [-0.1, -0.05) is 35.3 Å². The summed E-state index contributed by atoms with van der Waals surface area (Å²) in [5.41, 5.74) is 1.27. The van der Waals surface area contributed by atoms with Crippen molar-refractivity contribution in [3.63, 3.8) is 0 Å². The van der Waals surface area contributed by atoms with Crippen LogP contribution in [0.5, 0.6) is 0 Å². The molecule has 0 saturated carbocycles. The highest BCUT2D eigenvalue weighted by Gasteiger charge is 2.15. The van der Waals surface area contributed by atoms with Gasteiger partial charge in [0.05, 0.1) is 29.1 Å². The zero-order valence-electron chi connectivity index (χ0n) is 14.6. The molecule has 0 aliphatic carbocycles. The number of amides is 1. The first kappa shape index (κ1) is 19.8. The fourth-order valence-electron chi connectivity index (χ4n) is 2.40. The molecule has 0 bridgehead atoms. The molecule has 8 heteroatoms. The van der Waals surface area contributed by atoms with Gasteiger partial charge in [-0.2, -0.15) is 0 Å². The molecule has 144 valence electrons. The number of para-hydroxylation sites is 1. The van der Waals surface area contributed by atoms with Crippen molar-refractivity contribution in [3.8, 4) is 0 Å². The van der Waals surface area contributed by atoms with E-state index in [-0.39, 0.29) is 0 Å². The smallest absolute Gasteiger partial charge is 0.340 e. The number of nitrogens with one attached hydrogen (secondary N) is 2. The second kappa shape index (κ2) is 9.30. The molecule has 0 saturated heterocycles. The van der Waals surface area contributed by atoms with Crippen molar-refractivity contribution < 1.29 is 18.7 Å². The van der Waals surface area contributed by atoms with E-state index in [9.17, 15) is 9.59 Å². The van der Waals surface area contributed by atoms with Crippen molar-refractivity contribution in [3.05, 3.63) is 82.2 Å². The first-order valence-electron chi connectivity index (χ1n) is 8.30. The molecule has 3 rings (SSSR count). The molecule has 0 aliphatic heterocycles. The number of benzene rings is 2. The van der Waals surface area contributed by atoms with Crippen molar-refractivity contribution in [2.75, 3.05) is 17.2 Å². The largest absolute Gasteiger partial charge is 0.467 e. The summed E-state index contributed by atoms with van der Waals surface area (Å²) in [5.74, 6) is -0.416. The quantitative estimate of drug-likeness (QED) is 0.528. The number of hydrogen-bond acceptors (Lipinski definition) is 5. The molecular weight excluding hydrogens is 403 g/mol. The van der Waals surface area contributed by atoms with Crippen LogP contribution < -0.4 is 10.6 Å². The third-order valence-electron chi connectivity index (χ3n) is 3.72. The monoisotopic (exact) mass is 418 g/mol. The summed E-state index contributed by atoms with van der Waals surface area (Å²) in [6, 6.07) is 15.1. The van der Waals surface area contributed by atoms with Gasteiger partial charge in [-0.25, -0.2) is 4.79 Å². The van der Waals surface area contributed by atoms with Gasteiger partial charge in [0.25, 0.3) is 5.91 Å². The number of esters is 1. The van der Waals surface area contributed by atoms with E-state index in [2.05, 4.69) is 10.6 Å². The number of carbonyl (C=O) groups excluding carboxylic acids is 2. The van der Waals surface area contributed by atoms with E-state index in [1.165, 1.54) is 6.07 Å². The normalized spacial score (nSPS) is 10.4. The van der Waals surface area contributed by atoms with E-state index in [0.29, 0.717) is 33.5 Å². The van der Waals surface area contributed by atoms with Crippen LogP contribution in [0, 0.1) is 0 Å². The first-order valence-corrected chi connectivity index (χ1v) is 9.06. The zero-order valence-corrected chi connectivity index (χ0v) is 16.1. The Balaban J connectivity index is 1.57. The zero-order chi connectivity index (χ0) is 19.9. The van der Waals surface area contributed by atoms with Crippen LogP contribution in [0.25, 0.3) is 0 Å². The Labute approximate surface area is 171 Å². The molecule has 0 atom stereocenters. The average molecular weight is 419 g/mol. The van der Waals surface area contributed by atoms with Crippen LogP contribution in [0.15, 0.2) is 65.3 Å². The number of carbonyl (C=O) groups is 2. The number of furan rings is 1. The lowest BCUT2D eigenvalue weighted by Crippen LogP contribution is -2.21. The summed E-state index contributed by atoms with van der Waals surface area (Å²) in [7, 11) is 0. The summed E-state index contributed by atoms with van der Waals surface area (Å²) in [4.78, 5) is 24.4. The number of ether oxygens (including phenoxy) is 1. The van der Waals surface area contributed by atoms with Crippen LogP contribution >= 0.6 is 23.2 Å². The molecular formula is C20H16Cl2N2O4. The Kier molecular flexibility index (Phi) is 6.57. The summed E-state index contributed by atoms with van der Waals surface area (Å²) >= 11 is 11.8. The Bertz CT molecular complexity index is 974. The third kappa shape index (κ3) is 5.28. The highest BCUT2D eigenvalue weighted by atomic mass is 35.5. The van der Waals surface area contributed by atoms with Crippen LogP contribution in [0.1, 0.15) is 16.1 Å². The van der Waals surface area contributed by atoms with E-state index in [4.69, 9.17) is 32.4 Å². The molecule has 0 spiro atoms. The first-order chi connectivity index (χ1) is 13.5. The molecule has 0 unspecified atom stereocenters. The standard InChI is InChI=1S/C20H16Cl2N2O4/c21-13-7-8-18(16(22)10-13)24-19(25)12-28-20(26)15-5-1-2-6-17(15)23-11-14-4-3-9-27-14/h1-10,23H,11-12H2,(H,24,25). The molecule has 1 heterocycles. The van der Waals surface area contributed by atoms with E-state index >= 15 is 0 Å². The summed E-state index contributed by atoms with van der Waals surface area (Å²) in [6.07, 6.45) is 1.57. The highest BCUT2D eigenvalue weighted by molar-refractivity contribution is 6.36. The predicted octanol–water partition coefficient (Wildman–Crippen LogP) is 4.99. The molecule has 28 heavy (non-hydrogen) atoms. The topological polar surface area (TPSA) is 80.6 Å². The molecule has 6 nitrogen and oxygen atoms in total. The molecule has 0 aliphatic rings. The number of anilines is 2. The summed E-state index contributed by atoms with van der Waals surface area (Å²) in [5, 5.41) is 6.42. The molecule has 3 aromatic rings. The SMILES string of the molecule is O=C(COC(=O)c1ccccc1NCc1ccco1)Nc1ccc(Cl)cc1Cl. The average Bonchev–Trinajstić information content (AvgIpc) is 3.20. The maximum absolute atomic E-state index is 12.4. The van der Waals surface area contributed by atoms with Gasteiger partial charge in [0.15, 0.2) is 6.61 Å². The van der Waals surface area contributed by atoms with Crippen molar-refractivity contribution in [1.82, 2.24) is 0 Å². The van der Waals surface area contributed by atoms with Crippen molar-refractivity contribution in [2.24, 2.45) is 0 Å². The van der Waals surface area contributed by atoms with Crippen molar-refractivity contribution >= 4 is 46.5 Å². The van der Waals surface area contributed by atoms with Crippen LogP contribution in [0.2, 0.25) is 10.0 Å². The third-order valence-corrected chi connectivity index (χ3v) is 4.27. The van der Waals surface area contributed by atoms with Crippen LogP contribution in [0.4, 0.5) is 11.4 Å². The minimum Gasteiger partial charge on any atom is -0.467 e. The fourth-order valence-corrected chi connectivity index (χ4v) is 2.85. The van der Waals surface area contributed by atoms with Crippen LogP contribution in [0.3, 0.4) is 0 Å². The van der Waals surface area contributed by atoms with Crippen LogP contribution in [-0.2, 0) is 16.1 Å². The lowest BCUT2D eigenvalue weighted by Gasteiger charge is -2.11. The van der Waals surface area contributed by atoms with E-state index in [1.807, 2.05) is 6.07 Å². The predicted molar refractivity (Wildman–Crippen MR) is 108 cm³/mol. The Morgan fingerprint density at radius 1 is 1.00 bits per heavy atom. The van der Waals surface area contributed by atoms with Crippen molar-refractivity contribution in [1.29, 1.82) is 0 Å². The van der Waals surface area contributed by atoms with E-state index in [1.54, 1.807) is 48.7 Å². The second-order valence-electron chi connectivity index (χ2n) is 5.73. The maximum atomic E-state index is 12.4. The number of hydrogen-bond donors (Lipinski definition) is 2. The Morgan fingerprint density at radius 3 is 2.57 bits per heavy atom. The second-order valence-corrected chi connectivity index (χ2v) is 6.57. The number of halogens is 2. The minimum atomic E-state index is -0.625. The van der Waals surface area contributed by atoms with E-state index < -0.39 is 18.5 Å². The van der Waals surface area contributed by atoms with Gasteiger partial charge in [-0.3, -0.25) is 4.79 Å². The van der Waals surface area contributed by atoms with E-state index in [0.717, 1.165) is 5.76 Å². The molecule has 0 fully saturated rings. The molecule has 2 aromatic carbocycles. The van der Waals surface area contributed by atoms with Gasteiger partial charge in [0, 0.05) is 10.7 Å². The molecule has 1 aromatic heterocycles. The van der Waals surface area contributed by atoms with Crippen molar-refractivity contribution in [2.45, 2.75) is 6.54 Å². The van der Waals surface area contributed by atoms with Gasteiger partial charge in [-0.15, -0.1) is 0 Å². The highest BCUT2D eigenvalue weighted by Crippen LogP contribution is 2.25. The van der Waals surface area contributed by atoms with Gasteiger partial charge in [0.2, 0.25) is 0 Å². The lowest BCUT2D eigenvalue weighted by molar-refractivity contribution is -0.119. The minimum absolute atomic E-state index is 0.291. The number of rotatable bonds is 7. The van der Waals surface area contributed by atoms with Gasteiger partial charge in [-0.05, 0) is 42.5 Å². The molecule has 1 amide bonds.